The van der Waals surface area contributed by atoms with Crippen LogP contribution in [-0.2, 0) is 0 Å². The summed E-state index contributed by atoms with van der Waals surface area (Å²) >= 11 is 2.19. The zero-order chi connectivity index (χ0) is 15.2. The number of hydrogen-bond acceptors (Lipinski definition) is 5. The smallest absolute Gasteiger partial charge is 0.311 e. The van der Waals surface area contributed by atoms with Crippen LogP contribution < -0.4 is 0 Å². The van der Waals surface area contributed by atoms with E-state index in [1.54, 1.807) is 6.21 Å². The Kier molecular flexibility index (Phi) is 4.99. The number of nitrogens with zero attached hydrogens (tertiary/aromatic N) is 3. The molecule has 2 rings (SSSR count). The van der Waals surface area contributed by atoms with Crippen LogP contribution in [0.25, 0.3) is 0 Å². The monoisotopic (exact) mass is 395 g/mol. The molecule has 1 N–H and O–H groups in total. The number of benzene rings is 2. The van der Waals surface area contributed by atoms with Gasteiger partial charge in [0.05, 0.1) is 17.4 Å². The van der Waals surface area contributed by atoms with Crippen molar-refractivity contribution in [2.75, 3.05) is 0 Å². The van der Waals surface area contributed by atoms with Gasteiger partial charge in [-0.25, -0.2) is 0 Å². The maximum absolute atomic E-state index is 10.7. The molecule has 0 fully saturated rings. The van der Waals surface area contributed by atoms with E-state index >= 15 is 0 Å². The van der Waals surface area contributed by atoms with Gasteiger partial charge in [0, 0.05) is 15.2 Å². The summed E-state index contributed by atoms with van der Waals surface area (Å²) in [6.07, 6.45) is 2.83. The van der Waals surface area contributed by atoms with Crippen LogP contribution in [-0.4, -0.2) is 22.5 Å². The minimum atomic E-state index is -0.651. The van der Waals surface area contributed by atoms with Crippen LogP contribution in [0.5, 0.6) is 5.75 Å². The normalized spacial score (nSPS) is 11.3. The molecule has 0 amide bonds. The Morgan fingerprint density at radius 3 is 2.57 bits per heavy atom. The zero-order valence-corrected chi connectivity index (χ0v) is 12.8. The third kappa shape index (κ3) is 4.09. The van der Waals surface area contributed by atoms with E-state index in [-0.39, 0.29) is 11.3 Å². The number of phenolic OH excluding ortho intramolecular Hbond substituents is 1. The SMILES string of the molecule is O=[N+]([O-])c1cccc(/C=N/N=Cc2cccc(I)c2)c1O. The lowest BCUT2D eigenvalue weighted by atomic mass is 10.2. The largest absolute Gasteiger partial charge is 0.502 e. The van der Waals surface area contributed by atoms with Crippen molar-refractivity contribution in [2.45, 2.75) is 0 Å². The molecule has 0 saturated carbocycles. The molecular formula is C14H10IN3O3. The molecular weight excluding hydrogens is 385 g/mol. The Balaban J connectivity index is 2.15. The maximum Gasteiger partial charge on any atom is 0.311 e. The molecule has 0 bridgehead atoms. The van der Waals surface area contributed by atoms with E-state index in [1.165, 1.54) is 24.4 Å². The lowest BCUT2D eigenvalue weighted by Gasteiger charge is -1.98. The fourth-order valence-corrected chi connectivity index (χ4v) is 2.15. The van der Waals surface area contributed by atoms with E-state index < -0.39 is 10.7 Å². The molecule has 0 atom stereocenters. The highest BCUT2D eigenvalue weighted by Gasteiger charge is 2.14. The van der Waals surface area contributed by atoms with Crippen molar-refractivity contribution in [1.29, 1.82) is 0 Å². The van der Waals surface area contributed by atoms with Crippen molar-refractivity contribution in [3.63, 3.8) is 0 Å². The molecule has 0 radical (unpaired) electrons. The molecule has 7 heteroatoms. The second-order valence-electron chi connectivity index (χ2n) is 4.02. The van der Waals surface area contributed by atoms with Crippen LogP contribution in [0.4, 0.5) is 5.69 Å². The van der Waals surface area contributed by atoms with E-state index in [4.69, 9.17) is 0 Å². The Labute approximate surface area is 134 Å². The summed E-state index contributed by atoms with van der Waals surface area (Å²) in [7, 11) is 0. The van der Waals surface area contributed by atoms with Crippen LogP contribution in [0.15, 0.2) is 52.7 Å². The Hall–Kier alpha value is -2.29. The standard InChI is InChI=1S/C14H10IN3O3/c15-12-5-1-3-10(7-12)8-16-17-9-11-4-2-6-13(14(11)19)18(20)21/h1-9,19H/b16-8?,17-9+. The summed E-state index contributed by atoms with van der Waals surface area (Å²) in [5, 5.41) is 28.1. The molecule has 0 saturated heterocycles. The second kappa shape index (κ2) is 6.93. The fourth-order valence-electron chi connectivity index (χ4n) is 1.58. The van der Waals surface area contributed by atoms with E-state index in [0.717, 1.165) is 9.13 Å². The van der Waals surface area contributed by atoms with Crippen LogP contribution in [0, 0.1) is 13.7 Å². The van der Waals surface area contributed by atoms with Gasteiger partial charge in [0.1, 0.15) is 0 Å². The van der Waals surface area contributed by atoms with Gasteiger partial charge in [-0.1, -0.05) is 18.2 Å². The van der Waals surface area contributed by atoms with Crippen molar-refractivity contribution in [1.82, 2.24) is 0 Å². The number of para-hydroxylation sites is 1. The Morgan fingerprint density at radius 2 is 1.86 bits per heavy atom. The molecule has 21 heavy (non-hydrogen) atoms. The van der Waals surface area contributed by atoms with Crippen LogP contribution in [0.1, 0.15) is 11.1 Å². The predicted molar refractivity (Wildman–Crippen MR) is 89.1 cm³/mol. The quantitative estimate of drug-likeness (QED) is 0.373. The molecule has 0 unspecified atom stereocenters. The first-order chi connectivity index (χ1) is 10.1. The molecule has 6 nitrogen and oxygen atoms in total. The molecule has 0 aliphatic carbocycles. The lowest BCUT2D eigenvalue weighted by Crippen LogP contribution is -1.91. The predicted octanol–water partition coefficient (Wildman–Crippen LogP) is 3.36. The number of nitro groups is 1. The zero-order valence-electron chi connectivity index (χ0n) is 10.7. The summed E-state index contributed by atoms with van der Waals surface area (Å²) in [5.74, 6) is -0.421. The highest BCUT2D eigenvalue weighted by Crippen LogP contribution is 2.27. The molecule has 106 valence electrons. The van der Waals surface area contributed by atoms with Crippen molar-refractivity contribution < 1.29 is 10.0 Å². The van der Waals surface area contributed by atoms with Gasteiger partial charge in [0.2, 0.25) is 5.75 Å². The van der Waals surface area contributed by atoms with Gasteiger partial charge < -0.3 is 5.11 Å². The van der Waals surface area contributed by atoms with Gasteiger partial charge >= 0.3 is 5.69 Å². The van der Waals surface area contributed by atoms with E-state index in [9.17, 15) is 15.2 Å². The maximum atomic E-state index is 10.7. The molecule has 0 aliphatic heterocycles. The summed E-state index contributed by atoms with van der Waals surface area (Å²) in [6.45, 7) is 0. The van der Waals surface area contributed by atoms with E-state index in [0.29, 0.717) is 0 Å². The number of rotatable bonds is 4. The molecule has 0 heterocycles. The molecule has 0 spiro atoms. The van der Waals surface area contributed by atoms with Gasteiger partial charge in [-0.2, -0.15) is 10.2 Å². The van der Waals surface area contributed by atoms with Crippen LogP contribution in [0.3, 0.4) is 0 Å². The number of phenols is 1. The van der Waals surface area contributed by atoms with Crippen molar-refractivity contribution in [3.8, 4) is 5.75 Å². The van der Waals surface area contributed by atoms with Gasteiger partial charge in [-0.15, -0.1) is 0 Å². The van der Waals surface area contributed by atoms with Gasteiger partial charge in [0.25, 0.3) is 0 Å². The molecule has 0 aliphatic rings. The van der Waals surface area contributed by atoms with E-state index in [2.05, 4.69) is 32.8 Å². The minimum Gasteiger partial charge on any atom is -0.502 e. The lowest BCUT2D eigenvalue weighted by molar-refractivity contribution is -0.385. The number of aromatic hydroxyl groups is 1. The third-order valence-corrected chi connectivity index (χ3v) is 3.23. The third-order valence-electron chi connectivity index (χ3n) is 2.56. The first-order valence-electron chi connectivity index (χ1n) is 5.86. The minimum absolute atomic E-state index is 0.240. The Bertz CT molecular complexity index is 729. The van der Waals surface area contributed by atoms with Crippen molar-refractivity contribution in [3.05, 3.63) is 67.3 Å². The topological polar surface area (TPSA) is 88.1 Å². The highest BCUT2D eigenvalue weighted by atomic mass is 127. The van der Waals surface area contributed by atoms with Gasteiger partial charge in [0.15, 0.2) is 0 Å². The average molecular weight is 395 g/mol. The fraction of sp³-hybridized carbons (Fsp3) is 0. The summed E-state index contributed by atoms with van der Waals surface area (Å²) in [6, 6.07) is 11.9. The molecule has 2 aromatic carbocycles. The highest BCUT2D eigenvalue weighted by molar-refractivity contribution is 14.1. The summed E-state index contributed by atoms with van der Waals surface area (Å²) in [5.41, 5.74) is 0.770. The van der Waals surface area contributed by atoms with Crippen LogP contribution >= 0.6 is 22.6 Å². The second-order valence-corrected chi connectivity index (χ2v) is 5.26. The number of nitro benzene ring substituents is 1. The molecule has 2 aromatic rings. The summed E-state index contributed by atoms with van der Waals surface area (Å²) < 4.78 is 1.08. The Morgan fingerprint density at radius 1 is 1.14 bits per heavy atom. The van der Waals surface area contributed by atoms with Crippen LogP contribution in [0.2, 0.25) is 0 Å². The first-order valence-corrected chi connectivity index (χ1v) is 6.94. The van der Waals surface area contributed by atoms with Gasteiger partial charge in [-0.3, -0.25) is 10.1 Å². The average Bonchev–Trinajstić information content (AvgIpc) is 2.45. The van der Waals surface area contributed by atoms with E-state index in [1.807, 2.05) is 24.3 Å². The first kappa shape index (κ1) is 15.1. The molecule has 0 aromatic heterocycles. The number of halogens is 1. The van der Waals surface area contributed by atoms with Crippen molar-refractivity contribution in [2.24, 2.45) is 10.2 Å². The van der Waals surface area contributed by atoms with Crippen molar-refractivity contribution >= 4 is 40.7 Å². The summed E-state index contributed by atoms with van der Waals surface area (Å²) in [4.78, 5) is 10.0. The van der Waals surface area contributed by atoms with Gasteiger partial charge in [-0.05, 0) is 46.4 Å². The number of hydrogen-bond donors (Lipinski definition) is 1.